The summed E-state index contributed by atoms with van der Waals surface area (Å²) >= 11 is 0. The van der Waals surface area contributed by atoms with Crippen LogP contribution in [0.25, 0.3) is 0 Å². The highest BCUT2D eigenvalue weighted by Gasteiger charge is 2.50. The van der Waals surface area contributed by atoms with E-state index in [2.05, 4.69) is 27.7 Å². The van der Waals surface area contributed by atoms with Gasteiger partial charge >= 0.3 is 0 Å². The number of hydrogen-bond acceptors (Lipinski definition) is 0. The van der Waals surface area contributed by atoms with Crippen LogP contribution in [0.2, 0.25) is 0 Å². The van der Waals surface area contributed by atoms with E-state index in [0.29, 0.717) is 5.41 Å². The van der Waals surface area contributed by atoms with Gasteiger partial charge in [0.05, 0.1) is 0 Å². The first kappa shape index (κ1) is 12.5. The molecule has 2 aliphatic rings. The minimum absolute atomic E-state index is 0.701. The Morgan fingerprint density at radius 3 is 2.69 bits per heavy atom. The van der Waals surface area contributed by atoms with Crippen molar-refractivity contribution in [3.63, 3.8) is 0 Å². The maximum atomic E-state index is 2.62. The van der Waals surface area contributed by atoms with Gasteiger partial charge in [0.1, 0.15) is 0 Å². The molecule has 0 amide bonds. The van der Waals surface area contributed by atoms with E-state index in [9.17, 15) is 0 Å². The lowest BCUT2D eigenvalue weighted by molar-refractivity contribution is 0.0351. The van der Waals surface area contributed by atoms with Crippen LogP contribution in [0.5, 0.6) is 0 Å². The smallest absolute Gasteiger partial charge is 0.0264 e. The van der Waals surface area contributed by atoms with Crippen LogP contribution in [-0.4, -0.2) is 0 Å². The quantitative estimate of drug-likeness (QED) is 0.610. The molecule has 0 saturated heterocycles. The summed E-state index contributed by atoms with van der Waals surface area (Å²) in [6.45, 7) is 9.99. The van der Waals surface area contributed by atoms with Crippen molar-refractivity contribution in [2.75, 3.05) is 0 Å². The van der Waals surface area contributed by atoms with Gasteiger partial charge < -0.3 is 0 Å². The van der Waals surface area contributed by atoms with E-state index in [4.69, 9.17) is 0 Å². The van der Waals surface area contributed by atoms with Crippen molar-refractivity contribution in [3.05, 3.63) is 0 Å². The average molecular weight is 222 g/mol. The second kappa shape index (κ2) is 4.70. The van der Waals surface area contributed by atoms with E-state index < -0.39 is 0 Å². The molecular weight excluding hydrogens is 192 g/mol. The van der Waals surface area contributed by atoms with Crippen LogP contribution in [0, 0.1) is 29.1 Å². The SMILES string of the molecule is CCC[C@@H](C)[C@H]1CCC2[C@@H](C)CCC[C@@]21C. The Balaban J connectivity index is 2.11. The van der Waals surface area contributed by atoms with Crippen LogP contribution in [0.15, 0.2) is 0 Å². The van der Waals surface area contributed by atoms with E-state index in [0.717, 1.165) is 23.7 Å². The van der Waals surface area contributed by atoms with Crippen molar-refractivity contribution >= 4 is 0 Å². The Morgan fingerprint density at radius 1 is 1.25 bits per heavy atom. The van der Waals surface area contributed by atoms with E-state index >= 15 is 0 Å². The monoisotopic (exact) mass is 222 g/mol. The zero-order valence-corrected chi connectivity index (χ0v) is 11.8. The molecule has 2 saturated carbocycles. The molecule has 16 heavy (non-hydrogen) atoms. The van der Waals surface area contributed by atoms with Gasteiger partial charge in [-0.1, -0.05) is 53.4 Å². The molecule has 0 heteroatoms. The van der Waals surface area contributed by atoms with Crippen molar-refractivity contribution in [1.29, 1.82) is 0 Å². The van der Waals surface area contributed by atoms with Gasteiger partial charge in [-0.15, -0.1) is 0 Å². The summed E-state index contributed by atoms with van der Waals surface area (Å²) in [4.78, 5) is 0. The summed E-state index contributed by atoms with van der Waals surface area (Å²) in [6.07, 6.45) is 10.4. The third-order valence-electron chi connectivity index (χ3n) is 5.98. The summed E-state index contributed by atoms with van der Waals surface area (Å²) in [6, 6.07) is 0. The van der Waals surface area contributed by atoms with Crippen LogP contribution in [-0.2, 0) is 0 Å². The Morgan fingerprint density at radius 2 is 2.00 bits per heavy atom. The standard InChI is InChI=1S/C16H30/c1-5-7-12(2)14-9-10-15-13(3)8-6-11-16(14,15)4/h12-15H,5-11H2,1-4H3/t12-,13+,14-,15?,16-/m1/s1. The Bertz CT molecular complexity index is 232. The minimum Gasteiger partial charge on any atom is -0.0654 e. The fourth-order valence-electron chi connectivity index (χ4n) is 5.20. The minimum atomic E-state index is 0.701. The first-order chi connectivity index (χ1) is 7.59. The molecule has 0 aromatic carbocycles. The molecule has 0 radical (unpaired) electrons. The second-order valence-corrected chi connectivity index (χ2v) is 6.93. The Hall–Kier alpha value is 0. The maximum absolute atomic E-state index is 2.62. The Kier molecular flexibility index (Phi) is 3.66. The maximum Gasteiger partial charge on any atom is -0.0264 e. The summed E-state index contributed by atoms with van der Waals surface area (Å²) in [5.74, 6) is 4.04. The molecule has 0 heterocycles. The van der Waals surface area contributed by atoms with E-state index in [-0.39, 0.29) is 0 Å². The molecule has 5 atom stereocenters. The molecule has 0 aliphatic heterocycles. The molecule has 1 unspecified atom stereocenters. The number of hydrogen-bond donors (Lipinski definition) is 0. The van der Waals surface area contributed by atoms with Gasteiger partial charge in [0, 0.05) is 0 Å². The third-order valence-corrected chi connectivity index (χ3v) is 5.98. The second-order valence-electron chi connectivity index (χ2n) is 6.93. The molecule has 0 spiro atoms. The van der Waals surface area contributed by atoms with Crippen molar-refractivity contribution in [2.24, 2.45) is 29.1 Å². The zero-order valence-electron chi connectivity index (χ0n) is 11.8. The van der Waals surface area contributed by atoms with Crippen molar-refractivity contribution < 1.29 is 0 Å². The molecule has 94 valence electrons. The van der Waals surface area contributed by atoms with Gasteiger partial charge in [-0.05, 0) is 48.3 Å². The third kappa shape index (κ3) is 1.93. The van der Waals surface area contributed by atoms with E-state index in [1.54, 1.807) is 0 Å². The normalized spacial score (nSPS) is 45.4. The van der Waals surface area contributed by atoms with Crippen LogP contribution in [0.4, 0.5) is 0 Å². The summed E-state index contributed by atoms with van der Waals surface area (Å²) in [5.41, 5.74) is 0.701. The lowest BCUT2D eigenvalue weighted by Gasteiger charge is -2.46. The fraction of sp³-hybridized carbons (Fsp3) is 1.00. The van der Waals surface area contributed by atoms with Gasteiger partial charge in [0.25, 0.3) is 0 Å². The summed E-state index contributed by atoms with van der Waals surface area (Å²) < 4.78 is 0. The molecule has 0 N–H and O–H groups in total. The fourth-order valence-corrected chi connectivity index (χ4v) is 5.20. The van der Waals surface area contributed by atoms with Gasteiger partial charge in [0.15, 0.2) is 0 Å². The van der Waals surface area contributed by atoms with Crippen molar-refractivity contribution in [3.8, 4) is 0 Å². The average Bonchev–Trinajstić information content (AvgIpc) is 2.57. The van der Waals surface area contributed by atoms with E-state index in [1.807, 2.05) is 0 Å². The summed E-state index contributed by atoms with van der Waals surface area (Å²) in [5, 5.41) is 0. The van der Waals surface area contributed by atoms with Crippen molar-refractivity contribution in [2.45, 2.75) is 72.6 Å². The predicted molar refractivity (Wildman–Crippen MR) is 71.4 cm³/mol. The van der Waals surface area contributed by atoms with Crippen LogP contribution in [0.1, 0.15) is 72.6 Å². The van der Waals surface area contributed by atoms with Crippen molar-refractivity contribution in [1.82, 2.24) is 0 Å². The highest BCUT2D eigenvalue weighted by Crippen LogP contribution is 2.59. The molecule has 2 rings (SSSR count). The molecule has 2 aliphatic carbocycles. The lowest BCUT2D eigenvalue weighted by Crippen LogP contribution is -2.38. The lowest BCUT2D eigenvalue weighted by atomic mass is 9.59. The largest absolute Gasteiger partial charge is 0.0654 e. The molecule has 0 bridgehead atoms. The number of rotatable bonds is 3. The first-order valence-electron chi connectivity index (χ1n) is 7.59. The highest BCUT2D eigenvalue weighted by atomic mass is 14.6. The Labute approximate surface area is 102 Å². The predicted octanol–water partition coefficient (Wildman–Crippen LogP) is 5.28. The topological polar surface area (TPSA) is 0 Å². The van der Waals surface area contributed by atoms with Crippen LogP contribution in [0.3, 0.4) is 0 Å². The van der Waals surface area contributed by atoms with E-state index in [1.165, 1.54) is 44.9 Å². The molecule has 0 nitrogen and oxygen atoms in total. The highest BCUT2D eigenvalue weighted by molar-refractivity contribution is 5.00. The van der Waals surface area contributed by atoms with Gasteiger partial charge in [-0.3, -0.25) is 0 Å². The van der Waals surface area contributed by atoms with Gasteiger partial charge in [0.2, 0.25) is 0 Å². The number of fused-ring (bicyclic) bond motifs is 1. The molecule has 2 fully saturated rings. The molecular formula is C16H30. The summed E-state index contributed by atoms with van der Waals surface area (Å²) in [7, 11) is 0. The van der Waals surface area contributed by atoms with Crippen LogP contribution < -0.4 is 0 Å². The van der Waals surface area contributed by atoms with Gasteiger partial charge in [-0.2, -0.15) is 0 Å². The zero-order chi connectivity index (χ0) is 11.8. The first-order valence-corrected chi connectivity index (χ1v) is 7.59. The van der Waals surface area contributed by atoms with Gasteiger partial charge in [-0.25, -0.2) is 0 Å². The molecule has 0 aromatic rings. The van der Waals surface area contributed by atoms with Crippen LogP contribution >= 0.6 is 0 Å². The molecule has 0 aromatic heterocycles.